The molecule has 0 bridgehead atoms. The number of halogens is 1. The molecular formula is C23H19BrN4OS. The quantitative estimate of drug-likeness (QED) is 0.375. The molecule has 0 radical (unpaired) electrons. The Morgan fingerprint density at radius 1 is 0.900 bits per heavy atom. The van der Waals surface area contributed by atoms with Crippen LogP contribution in [0.3, 0.4) is 0 Å². The third-order valence-electron chi connectivity index (χ3n) is 4.42. The zero-order valence-electron chi connectivity index (χ0n) is 16.0. The van der Waals surface area contributed by atoms with Gasteiger partial charge in [-0.1, -0.05) is 88.4 Å². The smallest absolute Gasteiger partial charge is 0.230 e. The third kappa shape index (κ3) is 4.98. The molecule has 0 fully saturated rings. The maximum atomic E-state index is 12.4. The number of para-hydroxylation sites is 1. The van der Waals surface area contributed by atoms with Gasteiger partial charge in [0.1, 0.15) is 0 Å². The highest BCUT2D eigenvalue weighted by Gasteiger charge is 2.17. The fraction of sp³-hybridized carbons (Fsp3) is 0.0870. The Morgan fingerprint density at radius 2 is 1.57 bits per heavy atom. The van der Waals surface area contributed by atoms with Gasteiger partial charge in [-0.05, 0) is 29.8 Å². The molecule has 30 heavy (non-hydrogen) atoms. The molecule has 0 aliphatic rings. The molecule has 0 atom stereocenters. The van der Waals surface area contributed by atoms with Crippen LogP contribution in [0.15, 0.2) is 94.6 Å². The topological polar surface area (TPSA) is 59.8 Å². The molecule has 0 aliphatic heterocycles. The van der Waals surface area contributed by atoms with Crippen molar-refractivity contribution in [2.24, 2.45) is 0 Å². The van der Waals surface area contributed by atoms with Gasteiger partial charge < -0.3 is 5.32 Å². The summed E-state index contributed by atoms with van der Waals surface area (Å²) in [7, 11) is 0. The zero-order valence-corrected chi connectivity index (χ0v) is 18.4. The van der Waals surface area contributed by atoms with Crippen LogP contribution in [0.4, 0.5) is 0 Å². The van der Waals surface area contributed by atoms with Crippen molar-refractivity contribution in [2.75, 3.05) is 5.75 Å². The molecule has 0 aliphatic carbocycles. The SMILES string of the molecule is O=C(CSc1nnc(-c2ccc(Br)cc2)n1-c1ccccc1)NCc1ccccc1. The summed E-state index contributed by atoms with van der Waals surface area (Å²) in [5.74, 6) is 0.954. The number of nitrogens with one attached hydrogen (secondary N) is 1. The average molecular weight is 479 g/mol. The van der Waals surface area contributed by atoms with Gasteiger partial charge in [0, 0.05) is 22.3 Å². The lowest BCUT2D eigenvalue weighted by Crippen LogP contribution is -2.24. The first-order valence-corrected chi connectivity index (χ1v) is 11.2. The second kappa shape index (κ2) is 9.73. The maximum absolute atomic E-state index is 12.4. The van der Waals surface area contributed by atoms with E-state index in [0.29, 0.717) is 11.7 Å². The van der Waals surface area contributed by atoms with E-state index in [-0.39, 0.29) is 11.7 Å². The van der Waals surface area contributed by atoms with Gasteiger partial charge in [-0.15, -0.1) is 10.2 Å². The minimum absolute atomic E-state index is 0.0448. The summed E-state index contributed by atoms with van der Waals surface area (Å²) in [6.07, 6.45) is 0. The van der Waals surface area contributed by atoms with Crippen molar-refractivity contribution in [3.05, 3.63) is 95.0 Å². The predicted octanol–water partition coefficient (Wildman–Crippen LogP) is 5.11. The van der Waals surface area contributed by atoms with Gasteiger partial charge in [0.05, 0.1) is 5.75 Å². The summed E-state index contributed by atoms with van der Waals surface area (Å²) in [5.41, 5.74) is 2.98. The van der Waals surface area contributed by atoms with Gasteiger partial charge in [-0.3, -0.25) is 9.36 Å². The number of carbonyl (C=O) groups excluding carboxylic acids is 1. The molecule has 0 saturated heterocycles. The molecule has 1 heterocycles. The highest BCUT2D eigenvalue weighted by molar-refractivity contribution is 9.10. The molecule has 0 spiro atoms. The fourth-order valence-electron chi connectivity index (χ4n) is 2.94. The fourth-order valence-corrected chi connectivity index (χ4v) is 3.98. The Hall–Kier alpha value is -2.90. The predicted molar refractivity (Wildman–Crippen MR) is 124 cm³/mol. The number of thioether (sulfide) groups is 1. The highest BCUT2D eigenvalue weighted by Crippen LogP contribution is 2.28. The largest absolute Gasteiger partial charge is 0.351 e. The van der Waals surface area contributed by atoms with E-state index < -0.39 is 0 Å². The van der Waals surface area contributed by atoms with Gasteiger partial charge in [0.25, 0.3) is 0 Å². The molecule has 4 rings (SSSR count). The van der Waals surface area contributed by atoms with Gasteiger partial charge in [0.2, 0.25) is 5.91 Å². The van der Waals surface area contributed by atoms with E-state index in [0.717, 1.165) is 27.1 Å². The van der Waals surface area contributed by atoms with E-state index in [2.05, 4.69) is 31.4 Å². The van der Waals surface area contributed by atoms with Crippen molar-refractivity contribution >= 4 is 33.6 Å². The second-order valence-corrected chi connectivity index (χ2v) is 8.39. The van der Waals surface area contributed by atoms with Gasteiger partial charge >= 0.3 is 0 Å². The number of amides is 1. The van der Waals surface area contributed by atoms with Crippen LogP contribution >= 0.6 is 27.7 Å². The van der Waals surface area contributed by atoms with Crippen molar-refractivity contribution in [1.29, 1.82) is 0 Å². The van der Waals surface area contributed by atoms with E-state index in [1.807, 2.05) is 89.5 Å². The maximum Gasteiger partial charge on any atom is 0.230 e. The van der Waals surface area contributed by atoms with Crippen LogP contribution < -0.4 is 5.32 Å². The lowest BCUT2D eigenvalue weighted by molar-refractivity contribution is -0.118. The molecule has 0 saturated carbocycles. The van der Waals surface area contributed by atoms with Gasteiger partial charge in [0.15, 0.2) is 11.0 Å². The summed E-state index contributed by atoms with van der Waals surface area (Å²) >= 11 is 4.84. The van der Waals surface area contributed by atoms with Crippen molar-refractivity contribution in [3.8, 4) is 17.1 Å². The Balaban J connectivity index is 1.53. The van der Waals surface area contributed by atoms with Crippen molar-refractivity contribution in [3.63, 3.8) is 0 Å². The van der Waals surface area contributed by atoms with E-state index in [4.69, 9.17) is 0 Å². The number of benzene rings is 3. The molecule has 5 nitrogen and oxygen atoms in total. The third-order valence-corrected chi connectivity index (χ3v) is 5.87. The van der Waals surface area contributed by atoms with E-state index in [1.54, 1.807) is 0 Å². The van der Waals surface area contributed by atoms with E-state index >= 15 is 0 Å². The van der Waals surface area contributed by atoms with E-state index in [9.17, 15) is 4.79 Å². The molecular weight excluding hydrogens is 460 g/mol. The van der Waals surface area contributed by atoms with Crippen LogP contribution in [0.2, 0.25) is 0 Å². The van der Waals surface area contributed by atoms with Gasteiger partial charge in [-0.25, -0.2) is 0 Å². The summed E-state index contributed by atoms with van der Waals surface area (Å²) in [4.78, 5) is 12.4. The number of hydrogen-bond donors (Lipinski definition) is 1. The number of carbonyl (C=O) groups is 1. The summed E-state index contributed by atoms with van der Waals surface area (Å²) in [6, 6.07) is 27.7. The van der Waals surface area contributed by atoms with Crippen molar-refractivity contribution in [1.82, 2.24) is 20.1 Å². The Bertz CT molecular complexity index is 1120. The first-order chi connectivity index (χ1) is 14.7. The van der Waals surface area contributed by atoms with Crippen molar-refractivity contribution in [2.45, 2.75) is 11.7 Å². The van der Waals surface area contributed by atoms with Crippen LogP contribution in [0, 0.1) is 0 Å². The number of rotatable bonds is 7. The number of aromatic nitrogens is 3. The van der Waals surface area contributed by atoms with Crippen LogP contribution in [0.1, 0.15) is 5.56 Å². The summed E-state index contributed by atoms with van der Waals surface area (Å²) in [5, 5.41) is 12.4. The Kier molecular flexibility index (Phi) is 6.61. The molecule has 7 heteroatoms. The summed E-state index contributed by atoms with van der Waals surface area (Å²) < 4.78 is 2.99. The standard InChI is InChI=1S/C23H19BrN4OS/c24-19-13-11-18(12-14-19)22-26-27-23(28(22)20-9-5-2-6-10-20)30-16-21(29)25-15-17-7-3-1-4-8-17/h1-14H,15-16H2,(H,25,29). The molecule has 1 N–H and O–H groups in total. The molecule has 4 aromatic rings. The molecule has 0 unspecified atom stereocenters. The minimum atomic E-state index is -0.0448. The lowest BCUT2D eigenvalue weighted by atomic mass is 10.2. The van der Waals surface area contributed by atoms with Gasteiger partial charge in [-0.2, -0.15) is 0 Å². The van der Waals surface area contributed by atoms with Crippen molar-refractivity contribution < 1.29 is 4.79 Å². The number of nitrogens with zero attached hydrogens (tertiary/aromatic N) is 3. The van der Waals surface area contributed by atoms with E-state index in [1.165, 1.54) is 11.8 Å². The molecule has 1 aromatic heterocycles. The number of hydrogen-bond acceptors (Lipinski definition) is 4. The first kappa shape index (κ1) is 20.4. The minimum Gasteiger partial charge on any atom is -0.351 e. The zero-order chi connectivity index (χ0) is 20.8. The lowest BCUT2D eigenvalue weighted by Gasteiger charge is -2.10. The molecule has 150 valence electrons. The molecule has 1 amide bonds. The van der Waals surface area contributed by atoms with Crippen LogP contribution in [0.5, 0.6) is 0 Å². The normalized spacial score (nSPS) is 10.7. The monoisotopic (exact) mass is 478 g/mol. The molecule has 3 aromatic carbocycles. The summed E-state index contributed by atoms with van der Waals surface area (Å²) in [6.45, 7) is 0.510. The van der Waals surface area contributed by atoms with Crippen LogP contribution in [-0.2, 0) is 11.3 Å². The first-order valence-electron chi connectivity index (χ1n) is 9.41. The van der Waals surface area contributed by atoms with Crippen LogP contribution in [-0.4, -0.2) is 26.4 Å². The average Bonchev–Trinajstić information content (AvgIpc) is 3.22. The van der Waals surface area contributed by atoms with Crippen LogP contribution in [0.25, 0.3) is 17.1 Å². The Morgan fingerprint density at radius 3 is 2.27 bits per heavy atom. The Labute approximate surface area is 187 Å². The highest BCUT2D eigenvalue weighted by atomic mass is 79.9. The second-order valence-electron chi connectivity index (χ2n) is 6.54.